The van der Waals surface area contributed by atoms with Gasteiger partial charge in [0.05, 0.1) is 11.4 Å². The van der Waals surface area contributed by atoms with Gasteiger partial charge in [-0.05, 0) is 55.3 Å². The van der Waals surface area contributed by atoms with Gasteiger partial charge in [-0.1, -0.05) is 23.7 Å². The molecule has 0 fully saturated rings. The van der Waals surface area contributed by atoms with Crippen molar-refractivity contribution in [3.05, 3.63) is 69.7 Å². The van der Waals surface area contributed by atoms with Crippen LogP contribution in [0, 0.1) is 13.8 Å². The summed E-state index contributed by atoms with van der Waals surface area (Å²) < 4.78 is 0. The maximum Gasteiger partial charge on any atom is 0.230 e. The lowest BCUT2D eigenvalue weighted by atomic mass is 10.1. The predicted molar refractivity (Wildman–Crippen MR) is 112 cm³/mol. The number of hydrogen-bond donors (Lipinski definition) is 0. The van der Waals surface area contributed by atoms with Crippen molar-refractivity contribution in [1.29, 1.82) is 0 Å². The molecule has 0 N–H and O–H groups in total. The summed E-state index contributed by atoms with van der Waals surface area (Å²) in [4.78, 5) is 19.8. The Morgan fingerprint density at radius 2 is 1.92 bits per heavy atom. The first-order chi connectivity index (χ1) is 12.5. The van der Waals surface area contributed by atoms with Crippen molar-refractivity contribution < 1.29 is 4.79 Å². The van der Waals surface area contributed by atoms with Crippen molar-refractivity contribution in [3.8, 4) is 0 Å². The molecule has 0 aliphatic heterocycles. The first kappa shape index (κ1) is 19.0. The third-order valence-electron chi connectivity index (χ3n) is 4.06. The van der Waals surface area contributed by atoms with E-state index in [4.69, 9.17) is 11.6 Å². The first-order valence-electron chi connectivity index (χ1n) is 8.15. The number of aromatic nitrogens is 1. The standard InChI is InChI=1S/C20H19ClN2OS2/c1-13-5-4-6-19(14(13)2)23(15(3)24)20-22-17(12-26-20)11-25-18-9-7-16(21)8-10-18/h4-10,12H,11H2,1-3H3. The Hall–Kier alpha value is -1.82. The van der Waals surface area contributed by atoms with Crippen LogP contribution in [0.1, 0.15) is 23.7 Å². The lowest BCUT2D eigenvalue weighted by Crippen LogP contribution is -2.23. The summed E-state index contributed by atoms with van der Waals surface area (Å²) >= 11 is 9.11. The van der Waals surface area contributed by atoms with Gasteiger partial charge >= 0.3 is 0 Å². The minimum atomic E-state index is -0.0371. The molecule has 3 rings (SSSR count). The van der Waals surface area contributed by atoms with Gasteiger partial charge in [0, 0.05) is 28.0 Å². The minimum absolute atomic E-state index is 0.0371. The molecular weight excluding hydrogens is 384 g/mol. The molecule has 0 radical (unpaired) electrons. The van der Waals surface area contributed by atoms with Crippen LogP contribution in [0.25, 0.3) is 0 Å². The van der Waals surface area contributed by atoms with Crippen LogP contribution < -0.4 is 4.90 Å². The minimum Gasteiger partial charge on any atom is -0.274 e. The molecule has 134 valence electrons. The largest absolute Gasteiger partial charge is 0.274 e. The van der Waals surface area contributed by atoms with Gasteiger partial charge in [0.15, 0.2) is 5.13 Å². The smallest absolute Gasteiger partial charge is 0.230 e. The van der Waals surface area contributed by atoms with Crippen LogP contribution >= 0.6 is 34.7 Å². The molecule has 1 amide bonds. The molecule has 1 heterocycles. The summed E-state index contributed by atoms with van der Waals surface area (Å²) in [6.07, 6.45) is 0. The molecule has 3 aromatic rings. The van der Waals surface area contributed by atoms with Crippen LogP contribution in [0.5, 0.6) is 0 Å². The fourth-order valence-corrected chi connectivity index (χ4v) is 4.44. The number of aryl methyl sites for hydroxylation is 1. The van der Waals surface area contributed by atoms with Crippen molar-refractivity contribution in [1.82, 2.24) is 4.98 Å². The molecule has 0 bridgehead atoms. The quantitative estimate of drug-likeness (QED) is 0.463. The van der Waals surface area contributed by atoms with Crippen LogP contribution in [0.4, 0.5) is 10.8 Å². The number of amides is 1. The molecule has 0 spiro atoms. The second-order valence-electron chi connectivity index (χ2n) is 5.94. The topological polar surface area (TPSA) is 33.2 Å². The molecule has 26 heavy (non-hydrogen) atoms. The number of thiazole rings is 1. The molecule has 3 nitrogen and oxygen atoms in total. The van der Waals surface area contributed by atoms with Gasteiger partial charge in [-0.2, -0.15) is 0 Å². The number of anilines is 2. The monoisotopic (exact) mass is 402 g/mol. The van der Waals surface area contributed by atoms with Gasteiger partial charge in [-0.3, -0.25) is 9.69 Å². The van der Waals surface area contributed by atoms with Gasteiger partial charge in [0.2, 0.25) is 5.91 Å². The van der Waals surface area contributed by atoms with E-state index >= 15 is 0 Å². The second kappa shape index (κ2) is 8.25. The van der Waals surface area contributed by atoms with Gasteiger partial charge in [0.1, 0.15) is 0 Å². The SMILES string of the molecule is CC(=O)N(c1nc(CSc2ccc(Cl)cc2)cs1)c1cccc(C)c1C. The highest BCUT2D eigenvalue weighted by Gasteiger charge is 2.20. The van der Waals surface area contributed by atoms with E-state index in [9.17, 15) is 4.79 Å². The Morgan fingerprint density at radius 1 is 1.19 bits per heavy atom. The molecular formula is C20H19ClN2OS2. The summed E-state index contributed by atoms with van der Waals surface area (Å²) in [6, 6.07) is 13.7. The second-order valence-corrected chi connectivity index (χ2v) is 8.26. The highest BCUT2D eigenvalue weighted by molar-refractivity contribution is 7.98. The highest BCUT2D eigenvalue weighted by atomic mass is 35.5. The summed E-state index contributed by atoms with van der Waals surface area (Å²) in [5, 5.41) is 3.45. The zero-order valence-electron chi connectivity index (χ0n) is 14.8. The Morgan fingerprint density at radius 3 is 2.62 bits per heavy atom. The lowest BCUT2D eigenvalue weighted by molar-refractivity contribution is -0.115. The molecule has 0 aliphatic rings. The average molecular weight is 403 g/mol. The van der Waals surface area contributed by atoms with Gasteiger partial charge in [-0.15, -0.1) is 23.1 Å². The summed E-state index contributed by atoms with van der Waals surface area (Å²) in [5.74, 6) is 0.710. The molecule has 1 aromatic heterocycles. The average Bonchev–Trinajstić information content (AvgIpc) is 3.06. The van der Waals surface area contributed by atoms with Crippen LogP contribution in [0.3, 0.4) is 0 Å². The Bertz CT molecular complexity index is 922. The van der Waals surface area contributed by atoms with Crippen LogP contribution in [0.2, 0.25) is 5.02 Å². The fourth-order valence-electron chi connectivity index (χ4n) is 2.54. The number of thioether (sulfide) groups is 1. The molecule has 0 saturated carbocycles. The van der Waals surface area contributed by atoms with Gasteiger partial charge in [-0.25, -0.2) is 4.98 Å². The van der Waals surface area contributed by atoms with E-state index in [1.165, 1.54) is 11.3 Å². The number of halogens is 1. The van der Waals surface area contributed by atoms with E-state index < -0.39 is 0 Å². The number of hydrogen-bond acceptors (Lipinski definition) is 4. The normalized spacial score (nSPS) is 10.8. The maximum atomic E-state index is 12.3. The lowest BCUT2D eigenvalue weighted by Gasteiger charge is -2.21. The van der Waals surface area contributed by atoms with Crippen LogP contribution in [-0.4, -0.2) is 10.9 Å². The van der Waals surface area contributed by atoms with Crippen molar-refractivity contribution in [3.63, 3.8) is 0 Å². The van der Waals surface area contributed by atoms with Crippen molar-refractivity contribution in [2.24, 2.45) is 0 Å². The van der Waals surface area contributed by atoms with Crippen LogP contribution in [0.15, 0.2) is 52.7 Å². The maximum absolute atomic E-state index is 12.3. The summed E-state index contributed by atoms with van der Waals surface area (Å²) in [7, 11) is 0. The fraction of sp³-hybridized carbons (Fsp3) is 0.200. The van der Waals surface area contributed by atoms with Crippen LogP contribution in [-0.2, 0) is 10.5 Å². The number of carbonyl (C=O) groups is 1. The number of nitrogens with zero attached hydrogens (tertiary/aromatic N) is 2. The van der Waals surface area contributed by atoms with E-state index in [0.29, 0.717) is 5.13 Å². The highest BCUT2D eigenvalue weighted by Crippen LogP contribution is 2.33. The van der Waals surface area contributed by atoms with Crippen molar-refractivity contribution in [2.75, 3.05) is 4.90 Å². The van der Waals surface area contributed by atoms with E-state index in [0.717, 1.165) is 38.2 Å². The Labute approximate surface area is 167 Å². The van der Waals surface area contributed by atoms with E-state index in [2.05, 4.69) is 4.98 Å². The zero-order valence-corrected chi connectivity index (χ0v) is 17.2. The Balaban J connectivity index is 1.80. The van der Waals surface area contributed by atoms with Crippen molar-refractivity contribution >= 4 is 51.4 Å². The third-order valence-corrected chi connectivity index (χ3v) is 6.24. The molecule has 0 aliphatic carbocycles. The van der Waals surface area contributed by atoms with Gasteiger partial charge < -0.3 is 0 Å². The molecule has 2 aromatic carbocycles. The number of carbonyl (C=O) groups excluding carboxylic acids is 1. The van der Waals surface area contributed by atoms with E-state index in [-0.39, 0.29) is 5.91 Å². The predicted octanol–water partition coefficient (Wildman–Crippen LogP) is 6.39. The molecule has 6 heteroatoms. The molecule has 0 unspecified atom stereocenters. The molecule has 0 saturated heterocycles. The molecule has 0 atom stereocenters. The summed E-state index contributed by atoms with van der Waals surface area (Å²) in [6.45, 7) is 5.66. The Kier molecular flexibility index (Phi) is 6.01. The summed E-state index contributed by atoms with van der Waals surface area (Å²) in [5.41, 5.74) is 4.10. The third kappa shape index (κ3) is 4.29. The number of rotatable bonds is 5. The zero-order chi connectivity index (χ0) is 18.7. The first-order valence-corrected chi connectivity index (χ1v) is 10.4. The number of benzene rings is 2. The van der Waals surface area contributed by atoms with Crippen molar-refractivity contribution in [2.45, 2.75) is 31.4 Å². The van der Waals surface area contributed by atoms with E-state index in [1.54, 1.807) is 23.6 Å². The van der Waals surface area contributed by atoms with E-state index in [1.807, 2.05) is 61.7 Å². The van der Waals surface area contributed by atoms with Gasteiger partial charge in [0.25, 0.3) is 0 Å².